The molecule has 1 aliphatic rings. The third-order valence-electron chi connectivity index (χ3n) is 6.20. The summed E-state index contributed by atoms with van der Waals surface area (Å²) in [6.07, 6.45) is 8.40. The standard InChI is InChI=1S/C19H18NO.C11H8N.Ir/c1-12-10-17(20-11-13(12)2)16-8-5-7-15-14-6-3-4-9-18(14)21-19(15)16;1-2-6-10(7-3-1)11-8-4-5-9-12-11;/h5,7,10-11H,3-4,6,9H2,1-2H3;1-6,8-9H;/q2*-1;. The average molecular weight is 623 g/mol. The van der Waals surface area contributed by atoms with Crippen molar-refractivity contribution in [2.75, 3.05) is 0 Å². The molecule has 0 aliphatic heterocycles. The Bertz CT molecular complexity index is 1340. The Morgan fingerprint density at radius 3 is 2.44 bits per heavy atom. The molecule has 0 fully saturated rings. The maximum absolute atomic E-state index is 6.17. The van der Waals surface area contributed by atoms with Crippen LogP contribution in [0.25, 0.3) is 33.5 Å². The summed E-state index contributed by atoms with van der Waals surface area (Å²) in [5.41, 5.74) is 8.78. The normalized spacial score (nSPS) is 12.3. The van der Waals surface area contributed by atoms with E-state index >= 15 is 0 Å². The zero-order valence-electron chi connectivity index (χ0n) is 19.4. The van der Waals surface area contributed by atoms with Gasteiger partial charge in [0.2, 0.25) is 0 Å². The van der Waals surface area contributed by atoms with E-state index in [4.69, 9.17) is 4.42 Å². The molecule has 0 amide bonds. The van der Waals surface area contributed by atoms with Gasteiger partial charge in [-0.1, -0.05) is 34.7 Å². The molecule has 6 rings (SSSR count). The first-order valence-corrected chi connectivity index (χ1v) is 11.5. The van der Waals surface area contributed by atoms with Crippen LogP contribution < -0.4 is 0 Å². The molecule has 3 aromatic heterocycles. The fraction of sp³-hybridized carbons (Fsp3) is 0.200. The topological polar surface area (TPSA) is 38.9 Å². The molecule has 5 aromatic rings. The van der Waals surface area contributed by atoms with Gasteiger partial charge in [0.1, 0.15) is 0 Å². The second-order valence-electron chi connectivity index (χ2n) is 8.45. The number of fused-ring (bicyclic) bond motifs is 3. The smallest absolute Gasteiger partial charge is 0.0930 e. The van der Waals surface area contributed by atoms with Gasteiger partial charge in [-0.15, -0.1) is 54.1 Å². The monoisotopic (exact) mass is 623 g/mol. The van der Waals surface area contributed by atoms with Crippen molar-refractivity contribution in [3.8, 4) is 22.5 Å². The van der Waals surface area contributed by atoms with Crippen LogP contribution in [0.2, 0.25) is 0 Å². The second kappa shape index (κ2) is 10.9. The summed E-state index contributed by atoms with van der Waals surface area (Å²) >= 11 is 0. The van der Waals surface area contributed by atoms with Crippen LogP contribution >= 0.6 is 0 Å². The Labute approximate surface area is 214 Å². The molecule has 1 aliphatic carbocycles. The minimum Gasteiger partial charge on any atom is -0.505 e. The minimum atomic E-state index is 0. The number of pyridine rings is 2. The number of rotatable bonds is 2. The Morgan fingerprint density at radius 2 is 1.68 bits per heavy atom. The molecule has 1 radical (unpaired) electrons. The third kappa shape index (κ3) is 5.04. The number of nitrogens with zero attached hydrogens (tertiary/aromatic N) is 2. The molecule has 3 nitrogen and oxygen atoms in total. The molecular weight excluding hydrogens is 597 g/mol. The summed E-state index contributed by atoms with van der Waals surface area (Å²) in [5, 5.41) is 1.25. The van der Waals surface area contributed by atoms with Gasteiger partial charge in [0, 0.05) is 38.9 Å². The predicted molar refractivity (Wildman–Crippen MR) is 133 cm³/mol. The molecule has 0 bridgehead atoms. The molecule has 0 spiro atoms. The molecule has 2 aromatic carbocycles. The van der Waals surface area contributed by atoms with Gasteiger partial charge in [-0.3, -0.25) is 0 Å². The van der Waals surface area contributed by atoms with Gasteiger partial charge in [-0.25, -0.2) is 0 Å². The van der Waals surface area contributed by atoms with Crippen LogP contribution in [0.15, 0.2) is 77.5 Å². The Hall–Kier alpha value is -3.07. The Kier molecular flexibility index (Phi) is 7.72. The van der Waals surface area contributed by atoms with Crippen molar-refractivity contribution < 1.29 is 24.5 Å². The molecular formula is C30H26IrN2O-2. The van der Waals surface area contributed by atoms with E-state index in [0.717, 1.165) is 40.9 Å². The number of aryl methyl sites for hydroxylation is 4. The molecule has 4 heteroatoms. The summed E-state index contributed by atoms with van der Waals surface area (Å²) in [6.45, 7) is 4.20. The van der Waals surface area contributed by atoms with E-state index in [-0.39, 0.29) is 20.1 Å². The molecule has 34 heavy (non-hydrogen) atoms. The molecule has 3 heterocycles. The molecule has 0 unspecified atom stereocenters. The number of hydrogen-bond donors (Lipinski definition) is 0. The van der Waals surface area contributed by atoms with Crippen molar-refractivity contribution in [2.45, 2.75) is 39.5 Å². The van der Waals surface area contributed by atoms with Gasteiger partial charge in [-0.05, 0) is 61.7 Å². The maximum atomic E-state index is 6.17. The molecule has 0 atom stereocenters. The molecule has 173 valence electrons. The van der Waals surface area contributed by atoms with Gasteiger partial charge in [0.05, 0.1) is 11.3 Å². The zero-order valence-corrected chi connectivity index (χ0v) is 21.8. The van der Waals surface area contributed by atoms with E-state index < -0.39 is 0 Å². The van der Waals surface area contributed by atoms with Crippen LogP contribution in [0.3, 0.4) is 0 Å². The zero-order chi connectivity index (χ0) is 22.6. The minimum absolute atomic E-state index is 0. The first-order valence-electron chi connectivity index (χ1n) is 11.5. The van der Waals surface area contributed by atoms with Gasteiger partial charge in [0.15, 0.2) is 0 Å². The van der Waals surface area contributed by atoms with E-state index in [9.17, 15) is 0 Å². The van der Waals surface area contributed by atoms with E-state index in [0.29, 0.717) is 0 Å². The Morgan fingerprint density at radius 1 is 0.824 bits per heavy atom. The fourth-order valence-corrected chi connectivity index (χ4v) is 4.25. The SMILES string of the molecule is Cc1cnc(-c2[c-]ccc3c4c(oc23)CCCC4)cc1C.[Ir].[c-]1ccccc1-c1ccccn1. The van der Waals surface area contributed by atoms with Crippen LogP contribution in [0.1, 0.15) is 35.3 Å². The van der Waals surface area contributed by atoms with Crippen molar-refractivity contribution in [1.82, 2.24) is 9.97 Å². The van der Waals surface area contributed by atoms with E-state index in [1.165, 1.54) is 40.7 Å². The summed E-state index contributed by atoms with van der Waals surface area (Å²) in [5.74, 6) is 1.17. The summed E-state index contributed by atoms with van der Waals surface area (Å²) in [7, 11) is 0. The van der Waals surface area contributed by atoms with Crippen molar-refractivity contribution >= 4 is 11.0 Å². The number of benzene rings is 2. The number of furan rings is 1. The Balaban J connectivity index is 0.000000180. The predicted octanol–water partition coefficient (Wildman–Crippen LogP) is 7.34. The average Bonchev–Trinajstić information content (AvgIpc) is 3.26. The van der Waals surface area contributed by atoms with Crippen molar-refractivity contribution in [2.24, 2.45) is 0 Å². The molecule has 0 saturated heterocycles. The first-order chi connectivity index (χ1) is 16.2. The molecule has 0 N–H and O–H groups in total. The van der Waals surface area contributed by atoms with Crippen molar-refractivity contribution in [1.29, 1.82) is 0 Å². The quantitative estimate of drug-likeness (QED) is 0.194. The largest absolute Gasteiger partial charge is 0.505 e. The second-order valence-corrected chi connectivity index (χ2v) is 8.45. The van der Waals surface area contributed by atoms with Gasteiger partial charge < -0.3 is 14.4 Å². The van der Waals surface area contributed by atoms with E-state index in [2.05, 4.69) is 48.1 Å². The van der Waals surface area contributed by atoms with Gasteiger partial charge in [0.25, 0.3) is 0 Å². The van der Waals surface area contributed by atoms with Gasteiger partial charge in [-0.2, -0.15) is 0 Å². The van der Waals surface area contributed by atoms with Crippen LogP contribution in [-0.2, 0) is 32.9 Å². The van der Waals surface area contributed by atoms with Crippen LogP contribution in [0, 0.1) is 26.0 Å². The number of hydrogen-bond acceptors (Lipinski definition) is 3. The summed E-state index contributed by atoms with van der Waals surface area (Å²) < 4.78 is 6.17. The summed E-state index contributed by atoms with van der Waals surface area (Å²) in [6, 6.07) is 26.4. The van der Waals surface area contributed by atoms with Crippen molar-refractivity contribution in [3.63, 3.8) is 0 Å². The van der Waals surface area contributed by atoms with Crippen LogP contribution in [0.4, 0.5) is 0 Å². The van der Waals surface area contributed by atoms with Gasteiger partial charge >= 0.3 is 0 Å². The third-order valence-corrected chi connectivity index (χ3v) is 6.20. The van der Waals surface area contributed by atoms with Crippen LogP contribution in [-0.4, -0.2) is 9.97 Å². The first kappa shape index (κ1) is 24.1. The summed E-state index contributed by atoms with van der Waals surface area (Å²) in [4.78, 5) is 8.79. The van der Waals surface area contributed by atoms with E-state index in [1.807, 2.05) is 54.7 Å². The molecule has 0 saturated carbocycles. The van der Waals surface area contributed by atoms with Crippen LogP contribution in [0.5, 0.6) is 0 Å². The fourth-order valence-electron chi connectivity index (χ4n) is 4.25. The number of aromatic nitrogens is 2. The maximum Gasteiger partial charge on any atom is 0.0930 e. The van der Waals surface area contributed by atoms with Crippen molar-refractivity contribution in [3.05, 3.63) is 108 Å². The van der Waals surface area contributed by atoms with E-state index in [1.54, 1.807) is 6.20 Å².